The van der Waals surface area contributed by atoms with Gasteiger partial charge in [0.2, 0.25) is 17.7 Å². The van der Waals surface area contributed by atoms with Crippen LogP contribution in [0.5, 0.6) is 11.6 Å². The van der Waals surface area contributed by atoms with Crippen LogP contribution in [0.25, 0.3) is 10.9 Å². The number of carbonyl (C=O) groups is 4. The number of alkyl carbamates (subject to hydrolysis) is 1. The molecule has 1 saturated heterocycles. The first-order valence-corrected chi connectivity index (χ1v) is 20.6. The lowest BCUT2D eigenvalue weighted by atomic mass is 9.93. The van der Waals surface area contributed by atoms with E-state index in [2.05, 4.69) is 15.6 Å². The highest BCUT2D eigenvalue weighted by Gasteiger charge is 2.71. The van der Waals surface area contributed by atoms with Gasteiger partial charge in [0.25, 0.3) is 5.91 Å². The number of rotatable bonds is 14. The molecule has 4 aliphatic rings. The third-order valence-corrected chi connectivity index (χ3v) is 12.2. The maximum atomic E-state index is 14.7. The summed E-state index contributed by atoms with van der Waals surface area (Å²) in [4.78, 5) is 60.9. The van der Waals surface area contributed by atoms with Crippen LogP contribution < -0.4 is 24.8 Å². The molecule has 4 fully saturated rings. The Morgan fingerprint density at radius 1 is 1.09 bits per heavy atom. The standard InChI is InChI=1S/C37H47ClF3N5O10S/c1-7-20-18-36(20,31(49)45-57(51,52)56-34(6)12-13-34)44-29(47)24-16-21(54-25-17-26(53-8-2)42-27-22(25)10-9-11-23(27)38)19-46(24)30(48)28(35(14-15-35)37(39,40)41)43-32(50)55-33(3,4)5/h9-11,17,20-21,24,28H,7-8,12-16,18-19H2,1-6H3,(H,43,50)(H,44,47)(H,45,49)/t20-,21-,24+,28?,36-/m1/s1. The zero-order chi connectivity index (χ0) is 41.9. The second kappa shape index (κ2) is 14.9. The van der Waals surface area contributed by atoms with Gasteiger partial charge in [-0.2, -0.15) is 21.6 Å². The van der Waals surface area contributed by atoms with Crippen molar-refractivity contribution in [3.63, 3.8) is 0 Å². The number of hydrogen-bond donors (Lipinski definition) is 3. The molecule has 3 aliphatic carbocycles. The Morgan fingerprint density at radius 2 is 1.77 bits per heavy atom. The van der Waals surface area contributed by atoms with Crippen LogP contribution in [0, 0.1) is 11.3 Å². The Hall–Kier alpha value is -4.10. The van der Waals surface area contributed by atoms with Crippen molar-refractivity contribution in [1.82, 2.24) is 25.2 Å². The van der Waals surface area contributed by atoms with E-state index in [4.69, 9.17) is 30.0 Å². The summed E-state index contributed by atoms with van der Waals surface area (Å²) in [6.07, 6.45) is -7.16. The maximum absolute atomic E-state index is 14.7. The minimum atomic E-state index is -4.93. The third kappa shape index (κ3) is 8.99. The van der Waals surface area contributed by atoms with E-state index in [1.165, 1.54) is 26.8 Å². The van der Waals surface area contributed by atoms with Gasteiger partial charge < -0.3 is 29.7 Å². The van der Waals surface area contributed by atoms with Crippen molar-refractivity contribution in [3.05, 3.63) is 29.3 Å². The number of benzene rings is 1. The van der Waals surface area contributed by atoms with Gasteiger partial charge in [-0.05, 0) is 84.8 Å². The average molecular weight is 846 g/mol. The molecule has 314 valence electrons. The summed E-state index contributed by atoms with van der Waals surface area (Å²) in [5.74, 6) is -3.40. The number of hydrogen-bond acceptors (Lipinski definition) is 11. The highest BCUT2D eigenvalue weighted by atomic mass is 35.5. The number of nitrogens with one attached hydrogen (secondary N) is 3. The van der Waals surface area contributed by atoms with E-state index < -0.39 is 106 Å². The van der Waals surface area contributed by atoms with Crippen molar-refractivity contribution in [1.29, 1.82) is 0 Å². The monoisotopic (exact) mass is 845 g/mol. The summed E-state index contributed by atoms with van der Waals surface area (Å²) in [7, 11) is -4.58. The van der Waals surface area contributed by atoms with Crippen molar-refractivity contribution in [2.24, 2.45) is 11.3 Å². The second-order valence-corrected chi connectivity index (χ2v) is 18.1. The average Bonchev–Trinajstić information content (AvgIpc) is 4.04. The molecule has 20 heteroatoms. The number of ether oxygens (including phenoxy) is 3. The molecular formula is C37H47ClF3N5O10S. The molecule has 6 rings (SSSR count). The topological polar surface area (TPSA) is 192 Å². The van der Waals surface area contributed by atoms with Gasteiger partial charge in [-0.3, -0.25) is 14.4 Å². The smallest absolute Gasteiger partial charge is 0.408 e. The van der Waals surface area contributed by atoms with Gasteiger partial charge in [-0.25, -0.2) is 18.7 Å². The molecule has 3 N–H and O–H groups in total. The third-order valence-electron chi connectivity index (χ3n) is 10.8. The van der Waals surface area contributed by atoms with Crippen molar-refractivity contribution in [2.45, 2.75) is 128 Å². The van der Waals surface area contributed by atoms with Gasteiger partial charge in [0.15, 0.2) is 0 Å². The molecule has 0 bridgehead atoms. The Labute approximate surface area is 333 Å². The zero-order valence-electron chi connectivity index (χ0n) is 32.4. The van der Waals surface area contributed by atoms with Gasteiger partial charge >= 0.3 is 22.6 Å². The van der Waals surface area contributed by atoms with Crippen LogP contribution in [0.1, 0.15) is 86.5 Å². The fraction of sp³-hybridized carbons (Fsp3) is 0.649. The van der Waals surface area contributed by atoms with Crippen molar-refractivity contribution < 1.29 is 59.2 Å². The van der Waals surface area contributed by atoms with Crippen LogP contribution in [0.15, 0.2) is 24.3 Å². The Balaban J connectivity index is 1.34. The number of aromatic nitrogens is 1. The molecular weight excluding hydrogens is 799 g/mol. The molecule has 1 aliphatic heterocycles. The Bertz CT molecular complexity index is 2060. The van der Waals surface area contributed by atoms with E-state index in [1.54, 1.807) is 39.0 Å². The highest BCUT2D eigenvalue weighted by Crippen LogP contribution is 2.60. The predicted molar refractivity (Wildman–Crippen MR) is 198 cm³/mol. The summed E-state index contributed by atoms with van der Waals surface area (Å²) in [5, 5.41) is 5.50. The molecule has 15 nitrogen and oxygen atoms in total. The van der Waals surface area contributed by atoms with Crippen molar-refractivity contribution in [2.75, 3.05) is 13.2 Å². The first kappa shape index (κ1) is 42.5. The van der Waals surface area contributed by atoms with Gasteiger partial charge in [-0.15, -0.1) is 0 Å². The maximum Gasteiger partial charge on any atom is 0.408 e. The number of pyridine rings is 1. The van der Waals surface area contributed by atoms with E-state index >= 15 is 0 Å². The number of likely N-dealkylation sites (tertiary alicyclic amines) is 1. The summed E-state index contributed by atoms with van der Waals surface area (Å²) < 4.78 is 94.0. The molecule has 0 radical (unpaired) electrons. The van der Waals surface area contributed by atoms with Crippen LogP contribution >= 0.6 is 11.6 Å². The molecule has 4 amide bonds. The lowest BCUT2D eigenvalue weighted by Gasteiger charge is -2.34. The van der Waals surface area contributed by atoms with Crippen LogP contribution in [0.3, 0.4) is 0 Å². The van der Waals surface area contributed by atoms with Crippen LogP contribution in [0.4, 0.5) is 18.0 Å². The molecule has 1 aromatic carbocycles. The predicted octanol–water partition coefficient (Wildman–Crippen LogP) is 5.09. The molecule has 2 aromatic rings. The van der Waals surface area contributed by atoms with E-state index in [1.807, 2.05) is 4.72 Å². The Kier molecular flexibility index (Phi) is 11.1. The fourth-order valence-corrected chi connectivity index (χ4v) is 8.66. The van der Waals surface area contributed by atoms with Gasteiger partial charge in [0.05, 0.1) is 34.7 Å². The lowest BCUT2D eigenvalue weighted by Crippen LogP contribution is -2.61. The number of alkyl halides is 3. The number of nitrogens with zero attached hydrogens (tertiary/aromatic N) is 2. The molecule has 2 heterocycles. The van der Waals surface area contributed by atoms with Crippen LogP contribution in [-0.4, -0.2) is 96.4 Å². The van der Waals surface area contributed by atoms with Gasteiger partial charge in [-0.1, -0.05) is 31.0 Å². The summed E-state index contributed by atoms with van der Waals surface area (Å²) >= 11 is 6.45. The van der Waals surface area contributed by atoms with Gasteiger partial charge in [0, 0.05) is 17.9 Å². The lowest BCUT2D eigenvalue weighted by molar-refractivity contribution is -0.199. The van der Waals surface area contributed by atoms with Gasteiger partial charge in [0.1, 0.15) is 35.1 Å². The van der Waals surface area contributed by atoms with E-state index in [-0.39, 0.29) is 36.1 Å². The number of fused-ring (bicyclic) bond motifs is 1. The first-order chi connectivity index (χ1) is 26.5. The Morgan fingerprint density at radius 3 is 2.33 bits per heavy atom. The van der Waals surface area contributed by atoms with Crippen LogP contribution in [-0.2, 0) is 33.6 Å². The molecule has 1 unspecified atom stereocenters. The zero-order valence-corrected chi connectivity index (χ0v) is 34.0. The van der Waals surface area contributed by atoms with E-state index in [0.717, 1.165) is 4.90 Å². The highest BCUT2D eigenvalue weighted by molar-refractivity contribution is 7.85. The van der Waals surface area contributed by atoms with Crippen molar-refractivity contribution >= 4 is 56.6 Å². The molecule has 5 atom stereocenters. The second-order valence-electron chi connectivity index (χ2n) is 16.4. The molecule has 0 spiro atoms. The quantitative estimate of drug-likeness (QED) is 0.230. The summed E-state index contributed by atoms with van der Waals surface area (Å²) in [6, 6.07) is 2.68. The van der Waals surface area contributed by atoms with E-state index in [9.17, 15) is 40.8 Å². The first-order valence-electron chi connectivity index (χ1n) is 18.8. The number of carbonyl (C=O) groups excluding carboxylic acids is 4. The number of amides is 4. The largest absolute Gasteiger partial charge is 0.488 e. The molecule has 1 aromatic heterocycles. The normalized spacial score (nSPS) is 25.2. The minimum absolute atomic E-state index is 0.0401. The van der Waals surface area contributed by atoms with Crippen molar-refractivity contribution in [3.8, 4) is 11.6 Å². The molecule has 57 heavy (non-hydrogen) atoms. The molecule has 3 saturated carbocycles. The van der Waals surface area contributed by atoms with Crippen LogP contribution in [0.2, 0.25) is 5.02 Å². The van der Waals surface area contributed by atoms with E-state index in [0.29, 0.717) is 30.2 Å². The SMILES string of the molecule is CCOc1cc(O[C@@H]2C[C@@H](C(=O)N[C@]3(C(=O)NS(=O)(=O)OC4(C)CC4)C[C@H]3CC)N(C(=O)C(NC(=O)OC(C)(C)C)C3(C(F)(F)F)CC3)C2)c2cccc(Cl)c2n1. The summed E-state index contributed by atoms with van der Waals surface area (Å²) in [6.45, 7) is 9.38. The minimum Gasteiger partial charge on any atom is -0.488 e. The number of para-hydroxylation sites is 1. The fourth-order valence-electron chi connectivity index (χ4n) is 7.30. The summed E-state index contributed by atoms with van der Waals surface area (Å²) in [5.41, 5.74) is -6.14. The number of halogens is 4.